The predicted octanol–water partition coefficient (Wildman–Crippen LogP) is 1.000. The van der Waals surface area contributed by atoms with Crippen molar-refractivity contribution in [1.82, 2.24) is 5.32 Å². The molecule has 1 rings (SSSR count). The van der Waals surface area contributed by atoms with Crippen LogP contribution in [0.1, 0.15) is 11.2 Å². The van der Waals surface area contributed by atoms with E-state index in [4.69, 9.17) is 8.85 Å². The van der Waals surface area contributed by atoms with E-state index in [0.717, 1.165) is 0 Å². The molecule has 0 amide bonds. The van der Waals surface area contributed by atoms with Gasteiger partial charge < -0.3 is 14.2 Å². The predicted molar refractivity (Wildman–Crippen MR) is 59.4 cm³/mol. The summed E-state index contributed by atoms with van der Waals surface area (Å²) >= 11 is 0. The molecule has 0 aromatic heterocycles. The van der Waals surface area contributed by atoms with Gasteiger partial charge in [0.05, 0.1) is 5.67 Å². The first-order valence-electron chi connectivity index (χ1n) is 4.61. The summed E-state index contributed by atoms with van der Waals surface area (Å²) in [5.41, 5.74) is 1.42. The third kappa shape index (κ3) is 2.65. The lowest BCUT2D eigenvalue weighted by molar-refractivity contribution is 0.261. The highest BCUT2D eigenvalue weighted by Gasteiger charge is 2.23. The van der Waals surface area contributed by atoms with E-state index in [1.165, 1.54) is 5.56 Å². The lowest BCUT2D eigenvalue weighted by Gasteiger charge is -2.22. The van der Waals surface area contributed by atoms with Crippen molar-refractivity contribution < 1.29 is 8.85 Å². The summed E-state index contributed by atoms with van der Waals surface area (Å²) in [4.78, 5) is 0. The molecule has 14 heavy (non-hydrogen) atoms. The Morgan fingerprint density at radius 1 is 1.14 bits per heavy atom. The maximum atomic E-state index is 5.36. The lowest BCUT2D eigenvalue weighted by atomic mass is 10.2. The van der Waals surface area contributed by atoms with Gasteiger partial charge in [-0.25, -0.2) is 0 Å². The van der Waals surface area contributed by atoms with Crippen LogP contribution in [-0.2, 0) is 8.85 Å². The second-order valence-corrected chi connectivity index (χ2v) is 5.36. The molecule has 0 aliphatic heterocycles. The van der Waals surface area contributed by atoms with Crippen molar-refractivity contribution in [1.29, 1.82) is 0 Å². The van der Waals surface area contributed by atoms with Gasteiger partial charge in [0.1, 0.15) is 0 Å². The van der Waals surface area contributed by atoms with Crippen LogP contribution in [-0.4, -0.2) is 30.6 Å². The van der Waals surface area contributed by atoms with Crippen LogP contribution in [0.15, 0.2) is 30.3 Å². The summed E-state index contributed by atoms with van der Waals surface area (Å²) in [6, 6.07) is 10.2. The fourth-order valence-electron chi connectivity index (χ4n) is 1.49. The van der Waals surface area contributed by atoms with Gasteiger partial charge in [-0.2, -0.15) is 0 Å². The van der Waals surface area contributed by atoms with Crippen LogP contribution < -0.4 is 5.32 Å². The van der Waals surface area contributed by atoms with Crippen LogP contribution in [0.3, 0.4) is 0 Å². The minimum atomic E-state index is -1.64. The van der Waals surface area contributed by atoms with Crippen molar-refractivity contribution in [2.75, 3.05) is 21.3 Å². The first-order chi connectivity index (χ1) is 6.83. The largest absolute Gasteiger partial charge is 0.399 e. The normalized spacial score (nSPS) is 13.1. The van der Waals surface area contributed by atoms with Gasteiger partial charge in [-0.05, 0) is 12.6 Å². The lowest BCUT2D eigenvalue weighted by Crippen LogP contribution is -2.36. The van der Waals surface area contributed by atoms with E-state index >= 15 is 0 Å². The molecule has 0 aliphatic carbocycles. The van der Waals surface area contributed by atoms with E-state index in [1.807, 2.05) is 25.2 Å². The van der Waals surface area contributed by atoms with Gasteiger partial charge in [-0.1, -0.05) is 30.3 Å². The highest BCUT2D eigenvalue weighted by Crippen LogP contribution is 2.15. The van der Waals surface area contributed by atoms with Gasteiger partial charge in [-0.3, -0.25) is 0 Å². The molecule has 4 heteroatoms. The van der Waals surface area contributed by atoms with E-state index in [2.05, 4.69) is 17.4 Å². The summed E-state index contributed by atoms with van der Waals surface area (Å²) in [6.07, 6.45) is 0. The maximum Gasteiger partial charge on any atom is 0.343 e. The molecule has 0 bridgehead atoms. The quantitative estimate of drug-likeness (QED) is 0.737. The Kier molecular flexibility index (Phi) is 4.82. The number of nitrogens with one attached hydrogen (secondary N) is 1. The van der Waals surface area contributed by atoms with Crippen molar-refractivity contribution in [3.63, 3.8) is 0 Å². The topological polar surface area (TPSA) is 30.5 Å². The standard InChI is InChI=1S/C10H17NO2Si/c1-11-10(14(12-2)13-3)9-7-5-4-6-8-9/h4-8,10-11,14H,1-3H3. The number of rotatable bonds is 5. The Bertz CT molecular complexity index is 252. The summed E-state index contributed by atoms with van der Waals surface area (Å²) in [5.74, 6) is 0. The molecule has 0 spiro atoms. The van der Waals surface area contributed by atoms with E-state index < -0.39 is 9.28 Å². The summed E-state index contributed by atoms with van der Waals surface area (Å²) < 4.78 is 10.7. The fraction of sp³-hybridized carbons (Fsp3) is 0.400. The van der Waals surface area contributed by atoms with Gasteiger partial charge in [0.25, 0.3) is 0 Å². The van der Waals surface area contributed by atoms with Crippen LogP contribution in [0.25, 0.3) is 0 Å². The minimum absolute atomic E-state index is 0.200. The van der Waals surface area contributed by atoms with Gasteiger partial charge in [0, 0.05) is 14.2 Å². The van der Waals surface area contributed by atoms with Crippen molar-refractivity contribution in [3.05, 3.63) is 35.9 Å². The molecular formula is C10H17NO2Si. The summed E-state index contributed by atoms with van der Waals surface area (Å²) in [7, 11) is 3.69. The van der Waals surface area contributed by atoms with Crippen molar-refractivity contribution in [3.8, 4) is 0 Å². The van der Waals surface area contributed by atoms with E-state index in [1.54, 1.807) is 14.2 Å². The molecule has 1 unspecified atom stereocenters. The highest BCUT2D eigenvalue weighted by molar-refractivity contribution is 6.46. The van der Waals surface area contributed by atoms with Crippen LogP contribution in [0.5, 0.6) is 0 Å². The average Bonchev–Trinajstić information content (AvgIpc) is 2.27. The first-order valence-corrected chi connectivity index (χ1v) is 6.22. The number of benzene rings is 1. The molecule has 78 valence electrons. The molecule has 0 fully saturated rings. The van der Waals surface area contributed by atoms with Crippen molar-refractivity contribution >= 4 is 9.28 Å². The smallest absolute Gasteiger partial charge is 0.343 e. The number of hydrogen-bond donors (Lipinski definition) is 1. The summed E-state index contributed by atoms with van der Waals surface area (Å²) in [5, 5.41) is 3.23. The van der Waals surface area contributed by atoms with Crippen molar-refractivity contribution in [2.24, 2.45) is 0 Å². The minimum Gasteiger partial charge on any atom is -0.399 e. The van der Waals surface area contributed by atoms with E-state index in [9.17, 15) is 0 Å². The average molecular weight is 211 g/mol. The van der Waals surface area contributed by atoms with E-state index in [-0.39, 0.29) is 5.67 Å². The second kappa shape index (κ2) is 5.92. The highest BCUT2D eigenvalue weighted by atomic mass is 28.3. The third-order valence-electron chi connectivity index (χ3n) is 2.21. The Hall–Kier alpha value is -0.683. The van der Waals surface area contributed by atoms with Gasteiger partial charge >= 0.3 is 9.28 Å². The zero-order valence-corrected chi connectivity index (χ0v) is 10.0. The van der Waals surface area contributed by atoms with Crippen molar-refractivity contribution in [2.45, 2.75) is 5.67 Å². The molecule has 1 atom stereocenters. The first kappa shape index (κ1) is 11.4. The van der Waals surface area contributed by atoms with Gasteiger partial charge in [0.15, 0.2) is 0 Å². The maximum absolute atomic E-state index is 5.36. The van der Waals surface area contributed by atoms with Crippen LogP contribution in [0.2, 0.25) is 0 Å². The molecular weight excluding hydrogens is 194 g/mol. The molecule has 1 aromatic carbocycles. The molecule has 0 saturated carbocycles. The van der Waals surface area contributed by atoms with E-state index in [0.29, 0.717) is 0 Å². The SMILES string of the molecule is CNC(c1ccccc1)[SiH](OC)OC. The Balaban J connectivity index is 2.81. The molecule has 0 heterocycles. The zero-order chi connectivity index (χ0) is 10.4. The molecule has 0 saturated heterocycles. The second-order valence-electron chi connectivity index (χ2n) is 3.02. The number of hydrogen-bond acceptors (Lipinski definition) is 3. The third-order valence-corrected chi connectivity index (χ3v) is 4.40. The molecule has 1 N–H and O–H groups in total. The van der Waals surface area contributed by atoms with Crippen LogP contribution in [0, 0.1) is 0 Å². The molecule has 0 aliphatic rings. The molecule has 1 aromatic rings. The fourth-order valence-corrected chi connectivity index (χ4v) is 3.03. The zero-order valence-electron chi connectivity index (χ0n) is 8.86. The van der Waals surface area contributed by atoms with Gasteiger partial charge in [-0.15, -0.1) is 0 Å². The molecule has 0 radical (unpaired) electrons. The molecule has 3 nitrogen and oxygen atoms in total. The van der Waals surface area contributed by atoms with Crippen LogP contribution in [0.4, 0.5) is 0 Å². The van der Waals surface area contributed by atoms with Gasteiger partial charge in [0.2, 0.25) is 0 Å². The monoisotopic (exact) mass is 211 g/mol. The summed E-state index contributed by atoms with van der Waals surface area (Å²) in [6.45, 7) is 0. The Morgan fingerprint density at radius 2 is 1.71 bits per heavy atom. The Labute approximate surface area is 86.9 Å². The van der Waals surface area contributed by atoms with Crippen LogP contribution >= 0.6 is 0 Å². The Morgan fingerprint density at radius 3 is 2.14 bits per heavy atom.